The Labute approximate surface area is 175 Å². The number of esters is 1. The van der Waals surface area contributed by atoms with Crippen molar-refractivity contribution in [2.75, 3.05) is 6.61 Å². The number of alkyl halides is 3. The lowest BCUT2D eigenvalue weighted by Gasteiger charge is -2.15. The molecule has 0 aliphatic carbocycles. The number of aryl methyl sites for hydroxylation is 1. The van der Waals surface area contributed by atoms with Crippen molar-refractivity contribution in [3.63, 3.8) is 0 Å². The molecule has 0 aliphatic rings. The summed E-state index contributed by atoms with van der Waals surface area (Å²) in [5.41, 5.74) is -0.601. The molecule has 1 aromatic heterocycles. The van der Waals surface area contributed by atoms with Gasteiger partial charge in [-0.3, -0.25) is 4.79 Å². The number of hydrogen-bond donors (Lipinski definition) is 0. The summed E-state index contributed by atoms with van der Waals surface area (Å²) >= 11 is 0. The maximum absolute atomic E-state index is 13.6. The fraction of sp³-hybridized carbons (Fsp3) is 0.273. The first-order valence-corrected chi connectivity index (χ1v) is 9.36. The van der Waals surface area contributed by atoms with E-state index in [1.807, 2.05) is 0 Å². The van der Waals surface area contributed by atoms with Crippen LogP contribution in [0.5, 0.6) is 17.2 Å². The summed E-state index contributed by atoms with van der Waals surface area (Å²) in [6.45, 7) is 4.94. The van der Waals surface area contributed by atoms with Crippen molar-refractivity contribution in [3.05, 3.63) is 64.0 Å². The van der Waals surface area contributed by atoms with Crippen LogP contribution in [-0.4, -0.2) is 18.7 Å². The predicted octanol–water partition coefficient (Wildman–Crippen LogP) is 5.24. The second-order valence-electron chi connectivity index (χ2n) is 6.68. The normalized spacial score (nSPS) is 12.5. The topological polar surface area (TPSA) is 75.0 Å². The zero-order valence-electron chi connectivity index (χ0n) is 16.9. The third-order valence-corrected chi connectivity index (χ3v) is 4.22. The Morgan fingerprint density at radius 1 is 1.13 bits per heavy atom. The lowest BCUT2D eigenvalue weighted by molar-refractivity contribution is -0.154. The number of fused-ring (bicyclic) bond motifs is 1. The Morgan fingerprint density at radius 3 is 2.52 bits per heavy atom. The number of benzene rings is 2. The van der Waals surface area contributed by atoms with E-state index in [1.54, 1.807) is 26.0 Å². The molecule has 0 amide bonds. The minimum absolute atomic E-state index is 0.0386. The summed E-state index contributed by atoms with van der Waals surface area (Å²) in [5.74, 6) is -3.06. The highest BCUT2D eigenvalue weighted by Crippen LogP contribution is 2.38. The molecule has 0 spiro atoms. The monoisotopic (exact) mass is 436 g/mol. The Balaban J connectivity index is 2.06. The number of halogens is 3. The molecule has 3 aromatic rings. The Bertz CT molecular complexity index is 1170. The molecule has 0 fully saturated rings. The van der Waals surface area contributed by atoms with Crippen LogP contribution in [-0.2, 0) is 15.7 Å². The number of rotatable bonds is 6. The lowest BCUT2D eigenvalue weighted by Crippen LogP contribution is -2.26. The molecule has 0 N–H and O–H groups in total. The Morgan fingerprint density at radius 2 is 1.87 bits per heavy atom. The molecule has 0 bridgehead atoms. The van der Waals surface area contributed by atoms with Crippen LogP contribution in [0.2, 0.25) is 0 Å². The van der Waals surface area contributed by atoms with Gasteiger partial charge in [0.05, 0.1) is 12.0 Å². The average molecular weight is 436 g/mol. The van der Waals surface area contributed by atoms with Gasteiger partial charge >= 0.3 is 12.1 Å². The van der Waals surface area contributed by atoms with Crippen LogP contribution in [0.1, 0.15) is 25.2 Å². The standard InChI is InChI=1S/C22H19F3O6/c1-4-28-21(27)13(3)29-15-8-9-16-17(11-15)31-20(22(23,24)25)19(18(16)26)30-14-7-5-6-12(2)10-14/h5-11,13H,4H2,1-3H3/t13-/m0/s1. The fourth-order valence-electron chi connectivity index (χ4n) is 2.82. The van der Waals surface area contributed by atoms with Crippen LogP contribution < -0.4 is 14.9 Å². The first-order chi connectivity index (χ1) is 14.6. The number of carbonyl (C=O) groups excluding carboxylic acids is 1. The predicted molar refractivity (Wildman–Crippen MR) is 105 cm³/mol. The molecule has 0 radical (unpaired) electrons. The minimum atomic E-state index is -4.98. The van der Waals surface area contributed by atoms with Crippen LogP contribution in [0.4, 0.5) is 13.2 Å². The minimum Gasteiger partial charge on any atom is -0.479 e. The summed E-state index contributed by atoms with van der Waals surface area (Å²) in [6.07, 6.45) is -5.99. The van der Waals surface area contributed by atoms with Crippen molar-refractivity contribution in [2.24, 2.45) is 0 Å². The van der Waals surface area contributed by atoms with Crippen LogP contribution in [0, 0.1) is 6.92 Å². The van der Waals surface area contributed by atoms with Gasteiger partial charge in [-0.1, -0.05) is 12.1 Å². The molecular formula is C22H19F3O6. The van der Waals surface area contributed by atoms with Gasteiger partial charge < -0.3 is 18.6 Å². The lowest BCUT2D eigenvalue weighted by atomic mass is 10.2. The number of carbonyl (C=O) groups is 1. The molecule has 6 nitrogen and oxygen atoms in total. The average Bonchev–Trinajstić information content (AvgIpc) is 2.69. The maximum Gasteiger partial charge on any atom is 0.453 e. The zero-order chi connectivity index (χ0) is 22.8. The molecule has 1 atom stereocenters. The summed E-state index contributed by atoms with van der Waals surface area (Å²) in [6, 6.07) is 9.96. The van der Waals surface area contributed by atoms with E-state index in [4.69, 9.17) is 18.6 Å². The van der Waals surface area contributed by atoms with Crippen LogP contribution in [0.25, 0.3) is 11.0 Å². The third-order valence-electron chi connectivity index (χ3n) is 4.22. The van der Waals surface area contributed by atoms with E-state index in [2.05, 4.69) is 0 Å². The van der Waals surface area contributed by atoms with Crippen molar-refractivity contribution in [1.29, 1.82) is 0 Å². The first-order valence-electron chi connectivity index (χ1n) is 9.36. The highest BCUT2D eigenvalue weighted by molar-refractivity contribution is 5.80. The quantitative estimate of drug-likeness (QED) is 0.492. The smallest absolute Gasteiger partial charge is 0.453 e. The molecule has 1 heterocycles. The molecule has 3 rings (SSSR count). The van der Waals surface area contributed by atoms with E-state index in [9.17, 15) is 22.8 Å². The van der Waals surface area contributed by atoms with Crippen LogP contribution in [0.15, 0.2) is 51.7 Å². The van der Waals surface area contributed by atoms with Crippen LogP contribution >= 0.6 is 0 Å². The van der Waals surface area contributed by atoms with Gasteiger partial charge in [0, 0.05) is 6.07 Å². The van der Waals surface area contributed by atoms with Gasteiger partial charge in [0.15, 0.2) is 6.10 Å². The first kappa shape index (κ1) is 22.2. The molecule has 0 aliphatic heterocycles. The highest BCUT2D eigenvalue weighted by atomic mass is 19.4. The van der Waals surface area contributed by atoms with Gasteiger partial charge in [-0.15, -0.1) is 0 Å². The van der Waals surface area contributed by atoms with E-state index in [0.29, 0.717) is 0 Å². The summed E-state index contributed by atoms with van der Waals surface area (Å²) < 4.78 is 61.4. The second-order valence-corrected chi connectivity index (χ2v) is 6.68. The van der Waals surface area contributed by atoms with Crippen molar-refractivity contribution in [1.82, 2.24) is 0 Å². The van der Waals surface area contributed by atoms with Crippen molar-refractivity contribution in [2.45, 2.75) is 33.1 Å². The molecule has 2 aromatic carbocycles. The van der Waals surface area contributed by atoms with Crippen LogP contribution in [0.3, 0.4) is 0 Å². The van der Waals surface area contributed by atoms with E-state index < -0.39 is 35.2 Å². The summed E-state index contributed by atoms with van der Waals surface area (Å²) in [7, 11) is 0. The number of ether oxygens (including phenoxy) is 3. The van der Waals surface area contributed by atoms with Gasteiger partial charge in [-0.25, -0.2) is 4.79 Å². The second kappa shape index (κ2) is 8.71. The van der Waals surface area contributed by atoms with Gasteiger partial charge in [-0.05, 0) is 50.6 Å². The summed E-state index contributed by atoms with van der Waals surface area (Å²) in [5, 5.41) is -0.133. The van der Waals surface area contributed by atoms with Gasteiger partial charge in [0.1, 0.15) is 17.1 Å². The molecule has 164 valence electrons. The van der Waals surface area contributed by atoms with E-state index in [-0.39, 0.29) is 29.1 Å². The molecule has 0 unspecified atom stereocenters. The SMILES string of the molecule is CCOC(=O)[C@H](C)Oc1ccc2c(=O)c(Oc3cccc(C)c3)c(C(F)(F)F)oc2c1. The van der Waals surface area contributed by atoms with Crippen molar-refractivity contribution in [3.8, 4) is 17.2 Å². The molecule has 31 heavy (non-hydrogen) atoms. The van der Waals surface area contributed by atoms with E-state index in [0.717, 1.165) is 11.6 Å². The fourth-order valence-corrected chi connectivity index (χ4v) is 2.82. The Hall–Kier alpha value is -3.49. The van der Waals surface area contributed by atoms with Gasteiger partial charge in [0.2, 0.25) is 11.2 Å². The van der Waals surface area contributed by atoms with Gasteiger partial charge in [-0.2, -0.15) is 13.2 Å². The van der Waals surface area contributed by atoms with E-state index >= 15 is 0 Å². The molecule has 9 heteroatoms. The number of hydrogen-bond acceptors (Lipinski definition) is 6. The largest absolute Gasteiger partial charge is 0.479 e. The molecule has 0 saturated heterocycles. The zero-order valence-corrected chi connectivity index (χ0v) is 16.9. The van der Waals surface area contributed by atoms with Crippen molar-refractivity contribution >= 4 is 16.9 Å². The third kappa shape index (κ3) is 4.99. The highest BCUT2D eigenvalue weighted by Gasteiger charge is 2.40. The summed E-state index contributed by atoms with van der Waals surface area (Å²) in [4.78, 5) is 24.5. The molecular weight excluding hydrogens is 417 g/mol. The molecule has 0 saturated carbocycles. The van der Waals surface area contributed by atoms with Gasteiger partial charge in [0.25, 0.3) is 5.76 Å². The van der Waals surface area contributed by atoms with Crippen molar-refractivity contribution < 1.29 is 36.6 Å². The maximum atomic E-state index is 13.6. The Kier molecular flexibility index (Phi) is 6.24. The van der Waals surface area contributed by atoms with E-state index in [1.165, 1.54) is 31.2 Å².